The molecule has 0 spiro atoms. The van der Waals surface area contributed by atoms with Crippen molar-refractivity contribution in [2.45, 2.75) is 57.4 Å². The minimum absolute atomic E-state index is 0.0664. The number of hydrogen-bond donors (Lipinski definition) is 1. The number of nitrogens with two attached hydrogens (primary N) is 1. The summed E-state index contributed by atoms with van der Waals surface area (Å²) in [6.07, 6.45) is 16.7. The van der Waals surface area contributed by atoms with E-state index < -0.39 is 0 Å². The van der Waals surface area contributed by atoms with Crippen LogP contribution in [0.4, 0.5) is 0 Å². The molecule has 4 bridgehead atoms. The molecule has 3 nitrogen and oxygen atoms in total. The Bertz CT molecular complexity index is 435. The first kappa shape index (κ1) is 12.8. The van der Waals surface area contributed by atoms with Crippen LogP contribution in [-0.2, 0) is 0 Å². The van der Waals surface area contributed by atoms with Gasteiger partial charge in [0.05, 0.1) is 5.69 Å². The van der Waals surface area contributed by atoms with E-state index in [1.807, 2.05) is 6.20 Å². The van der Waals surface area contributed by atoms with Crippen molar-refractivity contribution in [2.75, 3.05) is 0 Å². The van der Waals surface area contributed by atoms with Crippen molar-refractivity contribution < 1.29 is 0 Å². The zero-order valence-corrected chi connectivity index (χ0v) is 12.2. The van der Waals surface area contributed by atoms with Crippen LogP contribution < -0.4 is 5.73 Å². The summed E-state index contributed by atoms with van der Waals surface area (Å²) in [7, 11) is 0. The Labute approximate surface area is 121 Å². The van der Waals surface area contributed by atoms with Crippen LogP contribution in [0.2, 0.25) is 0 Å². The van der Waals surface area contributed by atoms with E-state index >= 15 is 0 Å². The van der Waals surface area contributed by atoms with Gasteiger partial charge < -0.3 is 5.73 Å². The molecule has 0 aromatic carbocycles. The fraction of sp³-hybridized carbons (Fsp3) is 0.765. The van der Waals surface area contributed by atoms with E-state index in [1.165, 1.54) is 44.9 Å². The second-order valence-corrected chi connectivity index (χ2v) is 7.69. The van der Waals surface area contributed by atoms with Crippen LogP contribution in [0.1, 0.15) is 63.1 Å². The van der Waals surface area contributed by atoms with Crippen LogP contribution in [-0.4, -0.2) is 9.97 Å². The molecule has 0 saturated heterocycles. The zero-order valence-electron chi connectivity index (χ0n) is 12.2. The predicted molar refractivity (Wildman–Crippen MR) is 78.8 cm³/mol. The van der Waals surface area contributed by atoms with Gasteiger partial charge in [0.1, 0.15) is 0 Å². The van der Waals surface area contributed by atoms with Crippen molar-refractivity contribution in [1.29, 1.82) is 0 Å². The van der Waals surface area contributed by atoms with Crippen LogP contribution in [0.15, 0.2) is 18.6 Å². The molecule has 4 aliphatic carbocycles. The highest BCUT2D eigenvalue weighted by Gasteiger charge is 2.50. The number of rotatable bonds is 4. The average molecular weight is 271 g/mol. The van der Waals surface area contributed by atoms with Crippen LogP contribution in [0.25, 0.3) is 0 Å². The number of hydrogen-bond acceptors (Lipinski definition) is 3. The smallest absolute Gasteiger partial charge is 0.0753 e. The Balaban J connectivity index is 1.42. The lowest BCUT2D eigenvalue weighted by molar-refractivity contribution is -0.0589. The number of nitrogens with zero attached hydrogens (tertiary/aromatic N) is 2. The van der Waals surface area contributed by atoms with Gasteiger partial charge in [0, 0.05) is 24.6 Å². The molecule has 108 valence electrons. The summed E-state index contributed by atoms with van der Waals surface area (Å²) in [6, 6.07) is 0.0664. The lowest BCUT2D eigenvalue weighted by atomic mass is 9.48. The second kappa shape index (κ2) is 4.80. The molecule has 1 aromatic heterocycles. The second-order valence-electron chi connectivity index (χ2n) is 7.69. The molecular weight excluding hydrogens is 246 g/mol. The highest BCUT2D eigenvalue weighted by molar-refractivity contribution is 5.04. The fourth-order valence-corrected chi connectivity index (χ4v) is 5.71. The highest BCUT2D eigenvalue weighted by Crippen LogP contribution is 2.61. The lowest BCUT2D eigenvalue weighted by Gasteiger charge is -2.57. The van der Waals surface area contributed by atoms with E-state index in [0.717, 1.165) is 29.9 Å². The maximum Gasteiger partial charge on any atom is 0.0753 e. The van der Waals surface area contributed by atoms with Gasteiger partial charge in [-0.2, -0.15) is 0 Å². The van der Waals surface area contributed by atoms with Gasteiger partial charge in [-0.3, -0.25) is 9.97 Å². The summed E-state index contributed by atoms with van der Waals surface area (Å²) >= 11 is 0. The molecular formula is C17H25N3. The number of aromatic nitrogens is 2. The Morgan fingerprint density at radius 1 is 1.10 bits per heavy atom. The van der Waals surface area contributed by atoms with E-state index in [2.05, 4.69) is 9.97 Å². The predicted octanol–water partition coefficient (Wildman–Crippen LogP) is 3.47. The molecule has 1 unspecified atom stereocenters. The largest absolute Gasteiger partial charge is 0.323 e. The third-order valence-electron chi connectivity index (χ3n) is 6.11. The first-order chi connectivity index (χ1) is 9.72. The maximum absolute atomic E-state index is 6.32. The summed E-state index contributed by atoms with van der Waals surface area (Å²) in [6.45, 7) is 0. The summed E-state index contributed by atoms with van der Waals surface area (Å²) in [5.41, 5.74) is 7.91. The SMILES string of the molecule is NC(CCC12CC3CC(CC(C3)C1)C2)c1cnccn1. The van der Waals surface area contributed by atoms with Crippen LogP contribution in [0, 0.1) is 23.2 Å². The van der Waals surface area contributed by atoms with E-state index in [-0.39, 0.29) is 6.04 Å². The molecule has 1 atom stereocenters. The molecule has 1 aromatic rings. The molecule has 4 saturated carbocycles. The van der Waals surface area contributed by atoms with Crippen molar-refractivity contribution in [3.05, 3.63) is 24.3 Å². The third-order valence-corrected chi connectivity index (χ3v) is 6.11. The van der Waals surface area contributed by atoms with E-state index in [0.29, 0.717) is 5.41 Å². The Hall–Kier alpha value is -0.960. The first-order valence-electron chi connectivity index (χ1n) is 8.24. The van der Waals surface area contributed by atoms with Gasteiger partial charge in [0.15, 0.2) is 0 Å². The topological polar surface area (TPSA) is 51.8 Å². The standard InChI is InChI=1S/C17H25N3/c18-15(16-11-19-3-4-20-16)1-2-17-8-12-5-13(9-17)7-14(6-12)10-17/h3-4,11-15H,1-2,5-10,18H2. The van der Waals surface area contributed by atoms with E-state index in [1.54, 1.807) is 12.4 Å². The van der Waals surface area contributed by atoms with E-state index in [4.69, 9.17) is 5.73 Å². The third kappa shape index (κ3) is 2.26. The van der Waals surface area contributed by atoms with Gasteiger partial charge in [-0.25, -0.2) is 0 Å². The molecule has 4 aliphatic rings. The summed E-state index contributed by atoms with van der Waals surface area (Å²) in [5.74, 6) is 3.11. The Morgan fingerprint density at radius 3 is 2.30 bits per heavy atom. The average Bonchev–Trinajstić information content (AvgIpc) is 2.44. The van der Waals surface area contributed by atoms with Crippen molar-refractivity contribution in [3.63, 3.8) is 0 Å². The molecule has 5 rings (SSSR count). The highest BCUT2D eigenvalue weighted by atomic mass is 14.8. The van der Waals surface area contributed by atoms with Gasteiger partial charge in [-0.15, -0.1) is 0 Å². The summed E-state index contributed by atoms with van der Waals surface area (Å²) < 4.78 is 0. The maximum atomic E-state index is 6.32. The zero-order chi connectivity index (χ0) is 13.6. The summed E-state index contributed by atoms with van der Waals surface area (Å²) in [4.78, 5) is 8.49. The molecule has 0 amide bonds. The fourth-order valence-electron chi connectivity index (χ4n) is 5.71. The van der Waals surface area contributed by atoms with Gasteiger partial charge in [0.25, 0.3) is 0 Å². The molecule has 4 fully saturated rings. The quantitative estimate of drug-likeness (QED) is 0.912. The molecule has 3 heteroatoms. The van der Waals surface area contributed by atoms with Crippen LogP contribution >= 0.6 is 0 Å². The van der Waals surface area contributed by atoms with Crippen molar-refractivity contribution in [1.82, 2.24) is 9.97 Å². The van der Waals surface area contributed by atoms with E-state index in [9.17, 15) is 0 Å². The minimum Gasteiger partial charge on any atom is -0.323 e. The van der Waals surface area contributed by atoms with Gasteiger partial charge >= 0.3 is 0 Å². The molecule has 0 radical (unpaired) electrons. The molecule has 0 aliphatic heterocycles. The van der Waals surface area contributed by atoms with Crippen LogP contribution in [0.5, 0.6) is 0 Å². The lowest BCUT2D eigenvalue weighted by Crippen LogP contribution is -2.46. The van der Waals surface area contributed by atoms with Gasteiger partial charge in [0.2, 0.25) is 0 Å². The van der Waals surface area contributed by atoms with Gasteiger partial charge in [-0.1, -0.05) is 0 Å². The Kier molecular flexibility index (Phi) is 3.06. The van der Waals surface area contributed by atoms with Gasteiger partial charge in [-0.05, 0) is 74.5 Å². The first-order valence-corrected chi connectivity index (χ1v) is 8.24. The monoisotopic (exact) mass is 271 g/mol. The van der Waals surface area contributed by atoms with Crippen molar-refractivity contribution in [2.24, 2.45) is 28.9 Å². The molecule has 20 heavy (non-hydrogen) atoms. The molecule has 1 heterocycles. The minimum atomic E-state index is 0.0664. The van der Waals surface area contributed by atoms with Crippen LogP contribution in [0.3, 0.4) is 0 Å². The Morgan fingerprint density at radius 2 is 1.75 bits per heavy atom. The van der Waals surface area contributed by atoms with Crippen molar-refractivity contribution >= 4 is 0 Å². The molecule has 2 N–H and O–H groups in total. The normalized spacial score (nSPS) is 40.0. The van der Waals surface area contributed by atoms with Crippen molar-refractivity contribution in [3.8, 4) is 0 Å². The summed E-state index contributed by atoms with van der Waals surface area (Å²) in [5, 5.41) is 0.